The van der Waals surface area contributed by atoms with Gasteiger partial charge < -0.3 is 9.88 Å². The molecule has 0 saturated carbocycles. The first-order valence-corrected chi connectivity index (χ1v) is 11.3. The molecule has 0 aliphatic heterocycles. The molecule has 4 heteroatoms. The number of rotatable bonds is 4. The second-order valence-electron chi connectivity index (χ2n) is 4.11. The fourth-order valence-corrected chi connectivity index (χ4v) is 2.65. The maximum absolute atomic E-state index is 12.1. The van der Waals surface area contributed by atoms with Crippen LogP contribution in [0.1, 0.15) is 48.5 Å². The van der Waals surface area contributed by atoms with Crippen LogP contribution in [0.25, 0.3) is 0 Å². The lowest BCUT2D eigenvalue weighted by Gasteiger charge is -2.16. The lowest BCUT2D eigenvalue weighted by molar-refractivity contribution is 0.588. The molecule has 23 heavy (non-hydrogen) atoms. The molecule has 1 aromatic rings. The van der Waals surface area contributed by atoms with Crippen molar-refractivity contribution in [1.29, 1.82) is 0 Å². The van der Waals surface area contributed by atoms with Crippen molar-refractivity contribution in [2.45, 2.75) is 48.5 Å². The van der Waals surface area contributed by atoms with Crippen LogP contribution in [0.15, 0.2) is 47.6 Å². The van der Waals surface area contributed by atoms with Gasteiger partial charge in [-0.15, -0.1) is 0 Å². The summed E-state index contributed by atoms with van der Waals surface area (Å²) in [6.07, 6.45) is 1.76. The lowest BCUT2D eigenvalue weighted by atomic mass is 10.3. The average molecular weight is 360 g/mol. The molecular weight excluding hydrogens is 325 g/mol. The van der Waals surface area contributed by atoms with Crippen LogP contribution in [-0.2, 0) is 4.57 Å². The van der Waals surface area contributed by atoms with E-state index in [0.717, 1.165) is 11.0 Å². The molecule has 0 aromatic heterocycles. The summed E-state index contributed by atoms with van der Waals surface area (Å²) in [4.78, 5) is 0. The summed E-state index contributed by atoms with van der Waals surface area (Å²) in [5.74, 6) is 0. The van der Waals surface area contributed by atoms with E-state index in [1.165, 1.54) is 0 Å². The first-order valence-electron chi connectivity index (χ1n) is 8.29. The van der Waals surface area contributed by atoms with E-state index >= 15 is 0 Å². The third-order valence-corrected chi connectivity index (χ3v) is 4.31. The Labute approximate surface area is 149 Å². The topological polar surface area (TPSA) is 29.1 Å². The Morgan fingerprint density at radius 1 is 1.09 bits per heavy atom. The second kappa shape index (κ2) is 15.9. The van der Waals surface area contributed by atoms with E-state index in [9.17, 15) is 4.57 Å². The van der Waals surface area contributed by atoms with E-state index < -0.39 is 7.14 Å². The zero-order valence-electron chi connectivity index (χ0n) is 16.3. The summed E-state index contributed by atoms with van der Waals surface area (Å²) < 4.78 is 12.1. The molecule has 0 fully saturated rings. The van der Waals surface area contributed by atoms with Crippen LogP contribution in [0.4, 0.5) is 5.69 Å². The molecule has 0 aliphatic rings. The van der Waals surface area contributed by atoms with E-state index in [0.29, 0.717) is 10.7 Å². The minimum absolute atomic E-state index is 0.557. The van der Waals surface area contributed by atoms with Crippen molar-refractivity contribution >= 4 is 29.7 Å². The summed E-state index contributed by atoms with van der Waals surface area (Å²) in [6.45, 7) is 21.2. The summed E-state index contributed by atoms with van der Waals surface area (Å²) in [6, 6.07) is 7.50. The Balaban J connectivity index is -0.000000595. The molecule has 0 atom stereocenters. The van der Waals surface area contributed by atoms with E-state index in [-0.39, 0.29) is 0 Å². The predicted molar refractivity (Wildman–Crippen MR) is 112 cm³/mol. The zero-order valence-corrected chi connectivity index (χ0v) is 18.0. The highest BCUT2D eigenvalue weighted by atomic mass is 35.5. The predicted octanol–water partition coefficient (Wildman–Crippen LogP) is 7.08. The third-order valence-electron chi connectivity index (χ3n) is 2.31. The maximum Gasteiger partial charge on any atom is 0.111 e. The third kappa shape index (κ3) is 11.2. The molecule has 0 saturated heterocycles. The number of nitrogens with one attached hydrogen (secondary N) is 1. The van der Waals surface area contributed by atoms with Crippen molar-refractivity contribution in [3.05, 3.63) is 47.6 Å². The van der Waals surface area contributed by atoms with E-state index in [4.69, 9.17) is 11.6 Å². The molecule has 1 rings (SSSR count). The number of benzene rings is 1. The number of hydrogen-bond donors (Lipinski definition) is 1. The summed E-state index contributed by atoms with van der Waals surface area (Å²) in [5.41, 5.74) is 1.40. The molecule has 1 N–H and O–H groups in total. The van der Waals surface area contributed by atoms with Crippen molar-refractivity contribution < 1.29 is 4.57 Å². The minimum Gasteiger partial charge on any atom is -0.354 e. The van der Waals surface area contributed by atoms with Crippen molar-refractivity contribution in [3.8, 4) is 0 Å². The fraction of sp³-hybridized carbons (Fsp3) is 0.474. The van der Waals surface area contributed by atoms with Crippen LogP contribution in [0, 0.1) is 0 Å². The van der Waals surface area contributed by atoms with Gasteiger partial charge in [0.05, 0.1) is 5.03 Å². The maximum atomic E-state index is 12.1. The average Bonchev–Trinajstić information content (AvgIpc) is 2.59. The molecule has 0 heterocycles. The van der Waals surface area contributed by atoms with Gasteiger partial charge in [0.25, 0.3) is 0 Å². The number of halogens is 1. The van der Waals surface area contributed by atoms with Gasteiger partial charge in [0.2, 0.25) is 0 Å². The van der Waals surface area contributed by atoms with Gasteiger partial charge in [-0.05, 0) is 32.4 Å². The number of hydrogen-bond acceptors (Lipinski definition) is 2. The summed E-state index contributed by atoms with van der Waals surface area (Å²) in [5, 5.41) is 4.47. The van der Waals surface area contributed by atoms with E-state index in [1.807, 2.05) is 72.7 Å². The van der Waals surface area contributed by atoms with Crippen molar-refractivity contribution in [2.75, 3.05) is 18.6 Å². The molecular formula is C19H35ClNOP. The van der Waals surface area contributed by atoms with Gasteiger partial charge >= 0.3 is 0 Å². The van der Waals surface area contributed by atoms with Gasteiger partial charge in [-0.2, -0.15) is 0 Å². The molecule has 0 spiro atoms. The number of para-hydroxylation sites is 1. The van der Waals surface area contributed by atoms with Gasteiger partial charge in [-0.1, -0.05) is 77.9 Å². The minimum atomic E-state index is -2.32. The van der Waals surface area contributed by atoms with Crippen LogP contribution < -0.4 is 10.6 Å². The summed E-state index contributed by atoms with van der Waals surface area (Å²) in [7, 11) is -2.32. The Hall–Kier alpha value is -0.980. The van der Waals surface area contributed by atoms with Gasteiger partial charge in [-0.3, -0.25) is 0 Å². The van der Waals surface area contributed by atoms with Gasteiger partial charge in [-0.25, -0.2) is 0 Å². The molecule has 0 radical (unpaired) electrons. The van der Waals surface area contributed by atoms with Crippen molar-refractivity contribution in [1.82, 2.24) is 0 Å². The van der Waals surface area contributed by atoms with Crippen LogP contribution in [0.3, 0.4) is 0 Å². The molecule has 134 valence electrons. The molecule has 2 nitrogen and oxygen atoms in total. The highest BCUT2D eigenvalue weighted by Crippen LogP contribution is 2.38. The Kier molecular flexibility index (Phi) is 18.6. The second-order valence-corrected chi connectivity index (χ2v) is 7.70. The lowest BCUT2D eigenvalue weighted by Crippen LogP contribution is -2.11. The monoisotopic (exact) mass is 359 g/mol. The molecule has 0 unspecified atom stereocenters. The number of anilines is 1. The smallest absolute Gasteiger partial charge is 0.111 e. The van der Waals surface area contributed by atoms with Crippen LogP contribution in [0.2, 0.25) is 0 Å². The van der Waals surface area contributed by atoms with Crippen LogP contribution in [-0.4, -0.2) is 13.3 Å². The standard InChI is InChI=1S/C13H17ClNOP.3C2H6/c1-5-11(14)10(2)15-12-8-6-7-9-13(12)17(3,4)16;3*1-2/h5-9,15H,2H2,1,3-4H3;3*1-2H3/b11-5+;;;. The molecule has 1 aromatic carbocycles. The number of allylic oxidation sites excluding steroid dienone is 2. The zero-order chi connectivity index (χ0) is 19.1. The normalized spacial score (nSPS) is 9.91. The highest BCUT2D eigenvalue weighted by Gasteiger charge is 2.15. The Morgan fingerprint density at radius 2 is 1.52 bits per heavy atom. The van der Waals surface area contributed by atoms with Gasteiger partial charge in [0.15, 0.2) is 0 Å². The van der Waals surface area contributed by atoms with E-state index in [1.54, 1.807) is 19.4 Å². The molecule has 0 aliphatic carbocycles. The van der Waals surface area contributed by atoms with Crippen molar-refractivity contribution in [2.24, 2.45) is 0 Å². The summed E-state index contributed by atoms with van der Waals surface area (Å²) >= 11 is 5.96. The quantitative estimate of drug-likeness (QED) is 0.459. The first kappa shape index (κ1) is 26.9. The SMILES string of the molecule is C=C(Nc1ccccc1P(C)(C)=O)/C(Cl)=C\C.CC.CC.CC. The Bertz CT molecular complexity index is 504. The first-order chi connectivity index (χ1) is 10.9. The van der Waals surface area contributed by atoms with Crippen molar-refractivity contribution in [3.63, 3.8) is 0 Å². The molecule has 0 bridgehead atoms. The van der Waals surface area contributed by atoms with Crippen LogP contribution >= 0.6 is 18.7 Å². The Morgan fingerprint density at radius 3 is 1.91 bits per heavy atom. The van der Waals surface area contributed by atoms with Gasteiger partial charge in [0, 0.05) is 16.7 Å². The largest absolute Gasteiger partial charge is 0.354 e. The molecule has 0 amide bonds. The van der Waals surface area contributed by atoms with Crippen LogP contribution in [0.5, 0.6) is 0 Å². The fourth-order valence-electron chi connectivity index (χ4n) is 1.45. The van der Waals surface area contributed by atoms with E-state index in [2.05, 4.69) is 11.9 Å². The highest BCUT2D eigenvalue weighted by molar-refractivity contribution is 7.70. The van der Waals surface area contributed by atoms with Gasteiger partial charge in [0.1, 0.15) is 7.14 Å².